The molecule has 120 valence electrons. The molecule has 3 aromatic rings. The van der Waals surface area contributed by atoms with Gasteiger partial charge in [-0.15, -0.1) is 0 Å². The number of imidazole rings is 1. The number of nitrogens with two attached hydrogens (primary N) is 1. The second kappa shape index (κ2) is 5.58. The van der Waals surface area contributed by atoms with Gasteiger partial charge < -0.3 is 5.73 Å². The fourth-order valence-corrected chi connectivity index (χ4v) is 4.06. The lowest BCUT2D eigenvalue weighted by molar-refractivity contribution is 0.585. The molecule has 7 heteroatoms. The molecule has 2 aromatic carbocycles. The van der Waals surface area contributed by atoms with Crippen molar-refractivity contribution in [2.45, 2.75) is 6.42 Å². The third-order valence-electron chi connectivity index (χ3n) is 3.81. The van der Waals surface area contributed by atoms with Gasteiger partial charge in [0.1, 0.15) is 0 Å². The predicted octanol–water partition coefficient (Wildman–Crippen LogP) is 1.34. The molecule has 6 nitrogen and oxygen atoms in total. The molecule has 2 N–H and O–H groups in total. The summed E-state index contributed by atoms with van der Waals surface area (Å²) in [4.78, 5) is 12.4. The molecule has 0 aliphatic heterocycles. The first kappa shape index (κ1) is 15.4. The highest BCUT2D eigenvalue weighted by molar-refractivity contribution is 7.90. The van der Waals surface area contributed by atoms with Crippen LogP contribution in [0.25, 0.3) is 11.0 Å². The molecule has 0 fully saturated rings. The number of aryl methyl sites for hydroxylation is 2. The maximum atomic E-state index is 12.7. The minimum absolute atomic E-state index is 0.148. The molecule has 0 bridgehead atoms. The smallest absolute Gasteiger partial charge is 0.342 e. The van der Waals surface area contributed by atoms with Crippen molar-refractivity contribution in [3.63, 3.8) is 0 Å². The molecule has 0 aliphatic carbocycles. The van der Waals surface area contributed by atoms with Crippen LogP contribution in [0, 0.1) is 0 Å². The molecular weight excluding hydrogens is 314 g/mol. The number of rotatable bonds is 4. The molecule has 0 amide bonds. The summed E-state index contributed by atoms with van der Waals surface area (Å²) in [5.74, 6) is -0.148. The number of nitrogen functional groups attached to an aromatic ring is 1. The van der Waals surface area contributed by atoms with Crippen LogP contribution in [0.3, 0.4) is 0 Å². The Hall–Kier alpha value is -2.54. The predicted molar refractivity (Wildman–Crippen MR) is 90.9 cm³/mol. The first-order chi connectivity index (χ1) is 10.9. The second-order valence-electron chi connectivity index (χ2n) is 5.41. The molecule has 0 radical (unpaired) electrons. The zero-order valence-electron chi connectivity index (χ0n) is 12.6. The van der Waals surface area contributed by atoms with Crippen molar-refractivity contribution in [1.82, 2.24) is 8.54 Å². The molecular formula is C16H17N3O3S. The largest absolute Gasteiger partial charge is 0.399 e. The number of fused-ring (bicyclic) bond motifs is 1. The van der Waals surface area contributed by atoms with Gasteiger partial charge in [0.25, 0.3) is 0 Å². The van der Waals surface area contributed by atoms with Crippen LogP contribution in [0.1, 0.15) is 5.56 Å². The topological polar surface area (TPSA) is 87.1 Å². The normalized spacial score (nSPS) is 11.9. The summed E-state index contributed by atoms with van der Waals surface area (Å²) in [6.07, 6.45) is 0.342. The highest BCUT2D eigenvalue weighted by Crippen LogP contribution is 2.18. The van der Waals surface area contributed by atoms with Gasteiger partial charge in [-0.3, -0.25) is 4.57 Å². The van der Waals surface area contributed by atoms with Gasteiger partial charge in [0.2, 0.25) is 10.0 Å². The molecule has 0 atom stereocenters. The van der Waals surface area contributed by atoms with E-state index in [1.54, 1.807) is 19.2 Å². The zero-order chi connectivity index (χ0) is 16.6. The van der Waals surface area contributed by atoms with Crippen LogP contribution in [0.2, 0.25) is 0 Å². The first-order valence-electron chi connectivity index (χ1n) is 7.14. The van der Waals surface area contributed by atoms with E-state index in [-0.39, 0.29) is 5.75 Å². The fourth-order valence-electron chi connectivity index (χ4n) is 2.58. The number of anilines is 1. The minimum atomic E-state index is -3.78. The van der Waals surface area contributed by atoms with Crippen LogP contribution in [0.4, 0.5) is 5.69 Å². The van der Waals surface area contributed by atoms with Crippen LogP contribution in [-0.2, 0) is 23.5 Å². The summed E-state index contributed by atoms with van der Waals surface area (Å²) in [5, 5.41) is 0. The molecule has 23 heavy (non-hydrogen) atoms. The molecule has 0 saturated heterocycles. The van der Waals surface area contributed by atoms with Crippen molar-refractivity contribution in [1.29, 1.82) is 0 Å². The number of hydrogen-bond acceptors (Lipinski definition) is 4. The number of hydrogen-bond donors (Lipinski definition) is 1. The van der Waals surface area contributed by atoms with Crippen LogP contribution in [-0.4, -0.2) is 22.7 Å². The third-order valence-corrected chi connectivity index (χ3v) is 5.44. The minimum Gasteiger partial charge on any atom is -0.399 e. The average molecular weight is 331 g/mol. The van der Waals surface area contributed by atoms with Crippen molar-refractivity contribution in [3.8, 4) is 0 Å². The van der Waals surface area contributed by atoms with Crippen LogP contribution < -0.4 is 11.4 Å². The van der Waals surface area contributed by atoms with Gasteiger partial charge in [-0.05, 0) is 30.2 Å². The van der Waals surface area contributed by atoms with Crippen molar-refractivity contribution in [2.75, 3.05) is 11.5 Å². The number of nitrogens with zero attached hydrogens (tertiary/aromatic N) is 2. The van der Waals surface area contributed by atoms with E-state index in [0.29, 0.717) is 23.1 Å². The fraction of sp³-hybridized carbons (Fsp3) is 0.188. The number of aromatic nitrogens is 2. The highest BCUT2D eigenvalue weighted by Gasteiger charge is 2.22. The van der Waals surface area contributed by atoms with Gasteiger partial charge in [-0.2, -0.15) is 3.97 Å². The van der Waals surface area contributed by atoms with Crippen molar-refractivity contribution in [2.24, 2.45) is 7.05 Å². The lowest BCUT2D eigenvalue weighted by atomic mass is 10.2. The van der Waals surface area contributed by atoms with Gasteiger partial charge in [0, 0.05) is 12.7 Å². The van der Waals surface area contributed by atoms with E-state index in [0.717, 1.165) is 9.54 Å². The SMILES string of the molecule is Cn1c(=O)n(S(=O)(=O)CCc2ccccc2)c2cc(N)ccc21. The Morgan fingerprint density at radius 2 is 1.74 bits per heavy atom. The molecule has 1 aromatic heterocycles. The maximum Gasteiger partial charge on any atom is 0.342 e. The average Bonchev–Trinajstić information content (AvgIpc) is 2.78. The van der Waals surface area contributed by atoms with Crippen molar-refractivity contribution < 1.29 is 8.42 Å². The Bertz CT molecular complexity index is 1020. The van der Waals surface area contributed by atoms with Gasteiger partial charge in [-0.1, -0.05) is 30.3 Å². The lowest BCUT2D eigenvalue weighted by Gasteiger charge is -2.06. The zero-order valence-corrected chi connectivity index (χ0v) is 13.5. The Kier molecular flexibility index (Phi) is 3.73. The molecule has 0 aliphatic rings. The molecule has 0 spiro atoms. The second-order valence-corrected chi connectivity index (χ2v) is 7.34. The third kappa shape index (κ3) is 2.75. The van der Waals surface area contributed by atoms with E-state index in [2.05, 4.69) is 0 Å². The van der Waals surface area contributed by atoms with Gasteiger partial charge >= 0.3 is 5.69 Å². The lowest BCUT2D eigenvalue weighted by Crippen LogP contribution is -2.30. The van der Waals surface area contributed by atoms with Crippen LogP contribution >= 0.6 is 0 Å². The summed E-state index contributed by atoms with van der Waals surface area (Å²) < 4.78 is 27.5. The van der Waals surface area contributed by atoms with Gasteiger partial charge in [-0.25, -0.2) is 13.2 Å². The van der Waals surface area contributed by atoms with E-state index in [9.17, 15) is 13.2 Å². The van der Waals surface area contributed by atoms with Crippen LogP contribution in [0.5, 0.6) is 0 Å². The first-order valence-corrected chi connectivity index (χ1v) is 8.75. The highest BCUT2D eigenvalue weighted by atomic mass is 32.2. The summed E-state index contributed by atoms with van der Waals surface area (Å²) >= 11 is 0. The van der Waals surface area contributed by atoms with E-state index in [1.165, 1.54) is 10.6 Å². The molecule has 3 rings (SSSR count). The van der Waals surface area contributed by atoms with E-state index >= 15 is 0 Å². The van der Waals surface area contributed by atoms with E-state index in [1.807, 2.05) is 30.3 Å². The molecule has 1 heterocycles. The maximum absolute atomic E-state index is 12.7. The Balaban J connectivity index is 2.06. The van der Waals surface area contributed by atoms with Gasteiger partial charge in [0.05, 0.1) is 16.8 Å². The van der Waals surface area contributed by atoms with Crippen molar-refractivity contribution >= 4 is 26.7 Å². The van der Waals surface area contributed by atoms with Crippen LogP contribution in [0.15, 0.2) is 53.3 Å². The Morgan fingerprint density at radius 3 is 2.43 bits per heavy atom. The summed E-state index contributed by atoms with van der Waals surface area (Å²) in [6, 6.07) is 14.1. The Morgan fingerprint density at radius 1 is 1.04 bits per heavy atom. The molecule has 0 unspecified atom stereocenters. The monoisotopic (exact) mass is 331 g/mol. The number of benzene rings is 2. The quantitative estimate of drug-likeness (QED) is 0.731. The van der Waals surface area contributed by atoms with E-state index < -0.39 is 15.7 Å². The molecule has 0 saturated carbocycles. The summed E-state index contributed by atoms with van der Waals surface area (Å²) in [5.41, 5.74) is 7.32. The van der Waals surface area contributed by atoms with E-state index in [4.69, 9.17) is 5.73 Å². The van der Waals surface area contributed by atoms with Gasteiger partial charge in [0.15, 0.2) is 0 Å². The standard InChI is InChI=1S/C16H17N3O3S/c1-18-14-8-7-13(17)11-15(14)19(16(18)20)23(21,22)10-9-12-5-3-2-4-6-12/h2-8,11H,9-10,17H2,1H3. The summed E-state index contributed by atoms with van der Waals surface area (Å²) in [7, 11) is -2.24. The summed E-state index contributed by atoms with van der Waals surface area (Å²) in [6.45, 7) is 0. The van der Waals surface area contributed by atoms with Crippen molar-refractivity contribution in [3.05, 3.63) is 64.6 Å². The Labute approximate surface area is 133 Å².